The molecule has 7 heterocycles. The summed E-state index contributed by atoms with van der Waals surface area (Å²) in [5.74, 6) is 3.33. The van der Waals surface area contributed by atoms with E-state index < -0.39 is 18.3 Å². The molecule has 14 heteroatoms. The van der Waals surface area contributed by atoms with Crippen LogP contribution >= 0.6 is 11.6 Å². The van der Waals surface area contributed by atoms with Crippen LogP contribution in [0, 0.1) is 0 Å². The summed E-state index contributed by atoms with van der Waals surface area (Å²) in [7, 11) is -0.454. The lowest BCUT2D eigenvalue weighted by Gasteiger charge is -2.32. The smallest absolute Gasteiger partial charge is 0.456 e. The van der Waals surface area contributed by atoms with Crippen LogP contribution in [-0.4, -0.2) is 48.2 Å². The van der Waals surface area contributed by atoms with Gasteiger partial charge in [-0.2, -0.15) is 0 Å². The maximum absolute atomic E-state index is 6.37. The van der Waals surface area contributed by atoms with E-state index in [0.717, 1.165) is 127 Å². The van der Waals surface area contributed by atoms with Gasteiger partial charge in [0.1, 0.15) is 44.7 Å². The molecule has 0 radical (unpaired) electrons. The summed E-state index contributed by atoms with van der Waals surface area (Å²) >= 11 is 6.25. The van der Waals surface area contributed by atoms with Crippen LogP contribution in [0.2, 0.25) is 5.02 Å². The lowest BCUT2D eigenvalue weighted by molar-refractivity contribution is 0.00578. The fraction of sp³-hybridized carbons (Fsp3) is 0.0833. The van der Waals surface area contributed by atoms with Gasteiger partial charge in [-0.05, 0) is 106 Å². The third-order valence-electron chi connectivity index (χ3n) is 16.6. The molecule has 12 nitrogen and oxygen atoms in total. The summed E-state index contributed by atoms with van der Waals surface area (Å²) in [6.45, 7) is 8.25. The van der Waals surface area contributed by atoms with Gasteiger partial charge in [0.15, 0.2) is 34.9 Å². The molecule has 86 heavy (non-hydrogen) atoms. The van der Waals surface area contributed by atoms with E-state index in [9.17, 15) is 0 Å². The molecule has 17 rings (SSSR count). The summed E-state index contributed by atoms with van der Waals surface area (Å²) in [6, 6.07) is 71.9. The van der Waals surface area contributed by atoms with Crippen molar-refractivity contribution in [3.05, 3.63) is 223 Å². The van der Waals surface area contributed by atoms with Crippen LogP contribution in [0.15, 0.2) is 236 Å². The Morgan fingerprint density at radius 1 is 0.302 bits per heavy atom. The predicted octanol–water partition coefficient (Wildman–Crippen LogP) is 18.3. The van der Waals surface area contributed by atoms with Gasteiger partial charge in [0.05, 0.1) is 22.3 Å². The molecule has 1 aliphatic heterocycles. The molecule has 6 aromatic heterocycles. The summed E-state index contributed by atoms with van der Waals surface area (Å²) < 4.78 is 37.8. The summed E-state index contributed by atoms with van der Waals surface area (Å²) in [6.07, 6.45) is 0. The topological polar surface area (TPSA) is 148 Å². The number of aromatic nitrogens is 6. The third-order valence-corrected chi connectivity index (χ3v) is 16.8. The first-order chi connectivity index (χ1) is 41.9. The molecule has 0 N–H and O–H groups in total. The van der Waals surface area contributed by atoms with Crippen molar-refractivity contribution in [2.24, 2.45) is 0 Å². The lowest BCUT2D eigenvalue weighted by atomic mass is 9.78. The molecule has 16 aromatic rings. The van der Waals surface area contributed by atoms with E-state index in [2.05, 4.69) is 64.1 Å². The van der Waals surface area contributed by atoms with Crippen LogP contribution in [-0.2, 0) is 9.31 Å². The fourth-order valence-electron chi connectivity index (χ4n) is 11.5. The number of benzene rings is 10. The third kappa shape index (κ3) is 8.77. The normalized spacial score (nSPS) is 13.9. The minimum Gasteiger partial charge on any atom is -0.456 e. The second-order valence-corrected chi connectivity index (χ2v) is 23.0. The van der Waals surface area contributed by atoms with E-state index in [4.69, 9.17) is 68.5 Å². The van der Waals surface area contributed by atoms with Gasteiger partial charge in [-0.25, -0.2) is 29.9 Å². The number of halogens is 1. The number of rotatable bonds is 7. The second kappa shape index (κ2) is 19.9. The number of para-hydroxylation sites is 4. The molecule has 0 saturated carbocycles. The van der Waals surface area contributed by atoms with Crippen molar-refractivity contribution in [2.75, 3.05) is 0 Å². The van der Waals surface area contributed by atoms with Gasteiger partial charge in [-0.1, -0.05) is 157 Å². The Balaban J connectivity index is 0.000000142. The predicted molar refractivity (Wildman–Crippen MR) is 342 cm³/mol. The van der Waals surface area contributed by atoms with Crippen molar-refractivity contribution in [1.82, 2.24) is 29.9 Å². The molecule has 0 aliphatic carbocycles. The largest absolute Gasteiger partial charge is 0.494 e. The fourth-order valence-corrected chi connectivity index (χ4v) is 11.7. The molecular weight excluding hydrogens is 1090 g/mol. The highest BCUT2D eigenvalue weighted by Crippen LogP contribution is 2.41. The molecule has 0 amide bonds. The van der Waals surface area contributed by atoms with Gasteiger partial charge >= 0.3 is 7.12 Å². The second-order valence-electron chi connectivity index (χ2n) is 22.5. The van der Waals surface area contributed by atoms with Gasteiger partial charge in [0.2, 0.25) is 0 Å². The standard InChI is InChI=1S/C39H30BN3O4.C33H18ClN3O2/c1-38(2)39(3,4)47-40(46-38)25-18-20-32-30(22-25)27-19-17-24(21-33(27)44-32)36-41-35(23-11-6-5-7-12-23)42-37(43-36)29-15-10-14-28-26-13-8-9-16-31(26)45-34(28)29;34-21-14-16-28-26(18-21)23-15-13-20(17-29(23)38-28)32-35-31(19-7-2-1-3-8-19)36-33(37-32)25-11-6-10-24-22-9-4-5-12-27(22)39-30(24)25/h5-22H,1-4H3;1-18H. The summed E-state index contributed by atoms with van der Waals surface area (Å²) in [5, 5.41) is 8.77. The lowest BCUT2D eigenvalue weighted by Crippen LogP contribution is -2.41. The minimum absolute atomic E-state index is 0.419. The van der Waals surface area contributed by atoms with Gasteiger partial charge in [-0.15, -0.1) is 0 Å². The molecule has 0 bridgehead atoms. The molecule has 10 aromatic carbocycles. The zero-order chi connectivity index (χ0) is 57.8. The van der Waals surface area contributed by atoms with Crippen molar-refractivity contribution in [1.29, 1.82) is 0 Å². The van der Waals surface area contributed by atoms with Crippen LogP contribution in [0.3, 0.4) is 0 Å². The van der Waals surface area contributed by atoms with Crippen LogP contribution < -0.4 is 5.46 Å². The van der Waals surface area contributed by atoms with Crippen molar-refractivity contribution in [3.8, 4) is 68.3 Å². The average molecular weight is 1140 g/mol. The van der Waals surface area contributed by atoms with E-state index in [-0.39, 0.29) is 0 Å². The summed E-state index contributed by atoms with van der Waals surface area (Å²) in [4.78, 5) is 29.7. The van der Waals surface area contributed by atoms with Crippen molar-refractivity contribution in [3.63, 3.8) is 0 Å². The maximum atomic E-state index is 6.37. The molecule has 0 atom stereocenters. The number of furan rings is 4. The number of nitrogens with zero attached hydrogens (tertiary/aromatic N) is 6. The SMILES string of the molecule is CC1(C)OB(c2ccc3oc4cc(-c5nc(-c6ccccc6)nc(-c6cccc7c6oc6ccccc67)n5)ccc4c3c2)OC1(C)C.Clc1ccc2oc3cc(-c4nc(-c5ccccc5)nc(-c5cccc6c5oc5ccccc56)n4)ccc3c2c1. The highest BCUT2D eigenvalue weighted by Gasteiger charge is 2.51. The van der Waals surface area contributed by atoms with Crippen LogP contribution in [0.1, 0.15) is 27.7 Å². The Morgan fingerprint density at radius 3 is 1.20 bits per heavy atom. The molecule has 0 unspecified atom stereocenters. The first kappa shape index (κ1) is 51.3. The van der Waals surface area contributed by atoms with E-state index in [0.29, 0.717) is 40.0 Å². The quantitative estimate of drug-likeness (QED) is 0.140. The van der Waals surface area contributed by atoms with E-state index in [1.165, 1.54) is 0 Å². The Kier molecular flexibility index (Phi) is 11.9. The number of fused-ring (bicyclic) bond motifs is 12. The van der Waals surface area contributed by atoms with Gasteiger partial charge in [0.25, 0.3) is 0 Å². The first-order valence-corrected chi connectivity index (χ1v) is 28.7. The molecule has 412 valence electrons. The number of hydrogen-bond donors (Lipinski definition) is 0. The molecule has 1 fully saturated rings. The van der Waals surface area contributed by atoms with Crippen LogP contribution in [0.25, 0.3) is 156 Å². The molecule has 0 spiro atoms. The van der Waals surface area contributed by atoms with Gasteiger partial charge in [-0.3, -0.25) is 0 Å². The molecule has 1 saturated heterocycles. The maximum Gasteiger partial charge on any atom is 0.494 e. The van der Waals surface area contributed by atoms with Crippen molar-refractivity contribution >= 4 is 112 Å². The first-order valence-electron chi connectivity index (χ1n) is 28.3. The van der Waals surface area contributed by atoms with Crippen molar-refractivity contribution < 1.29 is 27.0 Å². The zero-order valence-electron chi connectivity index (χ0n) is 46.9. The van der Waals surface area contributed by atoms with Gasteiger partial charge in [0, 0.05) is 70.4 Å². The van der Waals surface area contributed by atoms with E-state index >= 15 is 0 Å². The Labute approximate surface area is 496 Å². The Bertz CT molecular complexity index is 5350. The summed E-state index contributed by atoms with van der Waals surface area (Å²) in [5.41, 5.74) is 11.4. The molecule has 1 aliphatic rings. The Morgan fingerprint density at radius 2 is 0.698 bits per heavy atom. The van der Waals surface area contributed by atoms with Crippen molar-refractivity contribution in [2.45, 2.75) is 38.9 Å². The van der Waals surface area contributed by atoms with E-state index in [1.54, 1.807) is 0 Å². The van der Waals surface area contributed by atoms with E-state index in [1.807, 2.05) is 182 Å². The molecular formula is C72H48BClN6O6. The minimum atomic E-state index is -0.454. The highest BCUT2D eigenvalue weighted by molar-refractivity contribution is 6.62. The monoisotopic (exact) mass is 1140 g/mol. The van der Waals surface area contributed by atoms with Crippen LogP contribution in [0.5, 0.6) is 0 Å². The van der Waals surface area contributed by atoms with Crippen LogP contribution in [0.4, 0.5) is 0 Å². The number of hydrogen-bond acceptors (Lipinski definition) is 12. The van der Waals surface area contributed by atoms with Gasteiger partial charge < -0.3 is 27.0 Å². The highest BCUT2D eigenvalue weighted by atomic mass is 35.5. The Hall–Kier alpha value is -10.3. The average Bonchev–Trinajstić information content (AvgIpc) is 2.14. The zero-order valence-corrected chi connectivity index (χ0v) is 47.6.